The molecule has 160 valence electrons. The maximum Gasteiger partial charge on any atom is 0.412 e. The highest BCUT2D eigenvalue weighted by Crippen LogP contribution is 2.28. The maximum atomic E-state index is 12.2. The van der Waals surface area contributed by atoms with Crippen LogP contribution in [-0.2, 0) is 20.9 Å². The molecule has 0 fully saturated rings. The van der Waals surface area contributed by atoms with Crippen LogP contribution in [0.15, 0.2) is 54.2 Å². The van der Waals surface area contributed by atoms with Gasteiger partial charge >= 0.3 is 12.1 Å². The Morgan fingerprint density at radius 1 is 1.03 bits per heavy atom. The van der Waals surface area contributed by atoms with E-state index in [1.165, 1.54) is 13.2 Å². The molecule has 0 unspecified atom stereocenters. The van der Waals surface area contributed by atoms with E-state index in [0.29, 0.717) is 23.7 Å². The topological polar surface area (TPSA) is 83.1 Å². The molecule has 0 aliphatic heterocycles. The van der Waals surface area contributed by atoms with Crippen molar-refractivity contribution in [1.82, 2.24) is 5.32 Å². The van der Waals surface area contributed by atoms with E-state index in [1.54, 1.807) is 46.1 Å². The molecular weight excluding hydrogens is 386 g/mol. The summed E-state index contributed by atoms with van der Waals surface area (Å²) in [6.07, 6.45) is 0.703. The van der Waals surface area contributed by atoms with Crippen molar-refractivity contribution in [3.05, 3.63) is 65.4 Å². The average molecular weight is 413 g/mol. The molecule has 0 saturated heterocycles. The number of rotatable bonds is 7. The van der Waals surface area contributed by atoms with Gasteiger partial charge in [-0.15, -0.1) is 0 Å². The number of alkyl carbamates (subject to hydrolysis) is 1. The number of nitrogens with one attached hydrogen (secondary N) is 1. The lowest BCUT2D eigenvalue weighted by Gasteiger charge is -2.20. The van der Waals surface area contributed by atoms with Crippen molar-refractivity contribution in [1.29, 1.82) is 0 Å². The van der Waals surface area contributed by atoms with E-state index in [2.05, 4.69) is 5.32 Å². The summed E-state index contributed by atoms with van der Waals surface area (Å²) in [6, 6.07) is 14.8. The van der Waals surface area contributed by atoms with Gasteiger partial charge in [-0.1, -0.05) is 30.3 Å². The first-order valence-corrected chi connectivity index (χ1v) is 9.36. The molecule has 2 rings (SSSR count). The summed E-state index contributed by atoms with van der Waals surface area (Å²) in [5, 5.41) is 2.44. The van der Waals surface area contributed by atoms with Crippen molar-refractivity contribution in [2.75, 3.05) is 14.2 Å². The molecule has 0 radical (unpaired) electrons. The first-order valence-electron chi connectivity index (χ1n) is 9.36. The number of hydrogen-bond donors (Lipinski definition) is 1. The summed E-state index contributed by atoms with van der Waals surface area (Å²) in [5.74, 6) is 0.353. The Morgan fingerprint density at radius 2 is 1.73 bits per heavy atom. The van der Waals surface area contributed by atoms with Crippen LogP contribution >= 0.6 is 0 Å². The highest BCUT2D eigenvalue weighted by Gasteiger charge is 2.20. The van der Waals surface area contributed by atoms with Gasteiger partial charge < -0.3 is 18.9 Å². The Hall–Kier alpha value is -3.48. The fraction of sp³-hybridized carbons (Fsp3) is 0.304. The SMILES string of the molecule is COC(=O)C(=Cc1ccc(OC)cc1OCc1ccccc1)NC(=O)OC(C)(C)C. The number of esters is 1. The quantitative estimate of drug-likeness (QED) is 0.538. The third-order valence-electron chi connectivity index (χ3n) is 3.80. The number of methoxy groups -OCH3 is 2. The zero-order valence-electron chi connectivity index (χ0n) is 17.9. The summed E-state index contributed by atoms with van der Waals surface area (Å²) >= 11 is 0. The van der Waals surface area contributed by atoms with Gasteiger partial charge in [0.2, 0.25) is 0 Å². The van der Waals surface area contributed by atoms with Gasteiger partial charge in [0, 0.05) is 11.6 Å². The van der Waals surface area contributed by atoms with Crippen molar-refractivity contribution in [2.24, 2.45) is 0 Å². The Kier molecular flexibility index (Phi) is 7.86. The fourth-order valence-electron chi connectivity index (χ4n) is 2.45. The minimum absolute atomic E-state index is 0.0820. The number of amides is 1. The van der Waals surface area contributed by atoms with Gasteiger partial charge in [0.1, 0.15) is 29.4 Å². The third-order valence-corrected chi connectivity index (χ3v) is 3.80. The molecule has 7 nitrogen and oxygen atoms in total. The molecule has 0 atom stereocenters. The van der Waals surface area contributed by atoms with Crippen molar-refractivity contribution in [3.63, 3.8) is 0 Å². The van der Waals surface area contributed by atoms with E-state index in [9.17, 15) is 9.59 Å². The molecule has 1 N–H and O–H groups in total. The van der Waals surface area contributed by atoms with Gasteiger partial charge in [-0.3, -0.25) is 5.32 Å². The van der Waals surface area contributed by atoms with Crippen LogP contribution in [0.2, 0.25) is 0 Å². The van der Waals surface area contributed by atoms with Gasteiger partial charge in [0.05, 0.1) is 14.2 Å². The number of carbonyl (C=O) groups is 2. The molecule has 2 aromatic carbocycles. The van der Waals surface area contributed by atoms with Crippen LogP contribution in [0.4, 0.5) is 4.79 Å². The molecule has 0 saturated carbocycles. The minimum Gasteiger partial charge on any atom is -0.497 e. The molecule has 30 heavy (non-hydrogen) atoms. The Balaban J connectivity index is 2.33. The van der Waals surface area contributed by atoms with Gasteiger partial charge in [0.15, 0.2) is 0 Å². The Bertz CT molecular complexity index is 900. The van der Waals surface area contributed by atoms with E-state index in [0.717, 1.165) is 5.56 Å². The van der Waals surface area contributed by atoms with Gasteiger partial charge in [-0.05, 0) is 44.5 Å². The lowest BCUT2D eigenvalue weighted by atomic mass is 10.1. The van der Waals surface area contributed by atoms with E-state index >= 15 is 0 Å². The maximum absolute atomic E-state index is 12.2. The molecule has 1 amide bonds. The molecule has 7 heteroatoms. The summed E-state index contributed by atoms with van der Waals surface area (Å²) in [7, 11) is 2.78. The molecule has 0 aliphatic rings. The molecule has 0 aliphatic carbocycles. The smallest absolute Gasteiger partial charge is 0.412 e. The van der Waals surface area contributed by atoms with E-state index in [-0.39, 0.29) is 5.70 Å². The van der Waals surface area contributed by atoms with Crippen LogP contribution in [0.25, 0.3) is 6.08 Å². The highest BCUT2D eigenvalue weighted by atomic mass is 16.6. The summed E-state index contributed by atoms with van der Waals surface area (Å²) in [5.41, 5.74) is 0.745. The van der Waals surface area contributed by atoms with Crippen LogP contribution in [0.1, 0.15) is 31.9 Å². The second-order valence-electron chi connectivity index (χ2n) is 7.35. The van der Waals surface area contributed by atoms with Crippen LogP contribution in [-0.4, -0.2) is 31.9 Å². The molecule has 0 aromatic heterocycles. The second-order valence-corrected chi connectivity index (χ2v) is 7.35. The van der Waals surface area contributed by atoms with Crippen molar-refractivity contribution >= 4 is 18.1 Å². The number of benzene rings is 2. The Labute approximate surface area is 176 Å². The zero-order chi connectivity index (χ0) is 22.1. The first kappa shape index (κ1) is 22.8. The van der Waals surface area contributed by atoms with Crippen LogP contribution < -0.4 is 14.8 Å². The van der Waals surface area contributed by atoms with E-state index in [4.69, 9.17) is 18.9 Å². The zero-order valence-corrected chi connectivity index (χ0v) is 17.9. The third kappa shape index (κ3) is 7.16. The van der Waals surface area contributed by atoms with E-state index in [1.807, 2.05) is 30.3 Å². The first-order chi connectivity index (χ1) is 14.2. The summed E-state index contributed by atoms with van der Waals surface area (Å²) in [6.45, 7) is 5.51. The minimum atomic E-state index is -0.764. The average Bonchev–Trinajstić information content (AvgIpc) is 2.71. The lowest BCUT2D eigenvalue weighted by Crippen LogP contribution is -2.34. The van der Waals surface area contributed by atoms with Crippen LogP contribution in [0.3, 0.4) is 0 Å². The molecule has 0 bridgehead atoms. The number of ether oxygens (including phenoxy) is 4. The highest BCUT2D eigenvalue weighted by molar-refractivity contribution is 5.97. The van der Waals surface area contributed by atoms with Gasteiger partial charge in [0.25, 0.3) is 0 Å². The Morgan fingerprint density at radius 3 is 2.33 bits per heavy atom. The molecule has 0 heterocycles. The van der Waals surface area contributed by atoms with E-state index < -0.39 is 17.7 Å². The monoisotopic (exact) mass is 413 g/mol. The largest absolute Gasteiger partial charge is 0.497 e. The van der Waals surface area contributed by atoms with Gasteiger partial charge in [-0.2, -0.15) is 0 Å². The second kappa shape index (κ2) is 10.3. The van der Waals surface area contributed by atoms with Gasteiger partial charge in [-0.25, -0.2) is 9.59 Å². The van der Waals surface area contributed by atoms with Crippen molar-refractivity contribution in [3.8, 4) is 11.5 Å². The lowest BCUT2D eigenvalue weighted by molar-refractivity contribution is -0.136. The standard InChI is InChI=1S/C23H27NO6/c1-23(2,3)30-22(26)24-19(21(25)28-5)13-17-11-12-18(27-4)14-20(17)29-15-16-9-7-6-8-10-16/h6-14H,15H2,1-5H3,(H,24,26). The molecule has 2 aromatic rings. The summed E-state index contributed by atoms with van der Waals surface area (Å²) < 4.78 is 21.2. The normalized spacial score (nSPS) is 11.4. The van der Waals surface area contributed by atoms with Crippen LogP contribution in [0.5, 0.6) is 11.5 Å². The fourth-order valence-corrected chi connectivity index (χ4v) is 2.45. The van der Waals surface area contributed by atoms with Crippen molar-refractivity contribution in [2.45, 2.75) is 33.0 Å². The number of hydrogen-bond acceptors (Lipinski definition) is 6. The van der Waals surface area contributed by atoms with Crippen LogP contribution in [0, 0.1) is 0 Å². The number of carbonyl (C=O) groups excluding carboxylic acids is 2. The molecular formula is C23H27NO6. The summed E-state index contributed by atoms with van der Waals surface area (Å²) in [4.78, 5) is 24.3. The van der Waals surface area contributed by atoms with Crippen molar-refractivity contribution < 1.29 is 28.5 Å². The predicted molar refractivity (Wildman–Crippen MR) is 113 cm³/mol. The molecule has 0 spiro atoms. The predicted octanol–water partition coefficient (Wildman–Crippen LogP) is 4.31.